The maximum absolute atomic E-state index is 12.2. The maximum atomic E-state index is 12.2. The highest BCUT2D eigenvalue weighted by atomic mass is 127. The van der Waals surface area contributed by atoms with Crippen LogP contribution in [-0.4, -0.2) is 58.7 Å². The van der Waals surface area contributed by atoms with Gasteiger partial charge in [0.05, 0.1) is 5.60 Å². The molecular formula is C29H41INO4-. The van der Waals surface area contributed by atoms with Gasteiger partial charge in [0, 0.05) is 42.0 Å². The third-order valence-electron chi connectivity index (χ3n) is 11.9. The summed E-state index contributed by atoms with van der Waals surface area (Å²) < 4.78 is 13.5. The van der Waals surface area contributed by atoms with E-state index < -0.39 is 11.2 Å². The zero-order chi connectivity index (χ0) is 23.9. The van der Waals surface area contributed by atoms with Crippen LogP contribution in [0.3, 0.4) is 0 Å². The van der Waals surface area contributed by atoms with E-state index in [2.05, 4.69) is 31.7 Å². The molecule has 0 amide bonds. The molecule has 5 fully saturated rings. The summed E-state index contributed by atoms with van der Waals surface area (Å²) in [5.74, 6) is 1.80. The minimum absolute atomic E-state index is 0. The van der Waals surface area contributed by atoms with Crippen LogP contribution in [0.2, 0.25) is 0 Å². The molecule has 2 N–H and O–H groups in total. The van der Waals surface area contributed by atoms with Crippen LogP contribution < -0.4 is 28.7 Å². The predicted octanol–water partition coefficient (Wildman–Crippen LogP) is 1.42. The molecule has 2 aliphatic heterocycles. The Balaban J connectivity index is 0.00000229. The molecule has 4 saturated carbocycles. The van der Waals surface area contributed by atoms with Crippen molar-refractivity contribution in [2.75, 3.05) is 20.2 Å². The van der Waals surface area contributed by atoms with Crippen LogP contribution in [-0.2, 0) is 16.6 Å². The average Bonchev–Trinajstić information content (AvgIpc) is 3.53. The molecule has 0 radical (unpaired) electrons. The van der Waals surface area contributed by atoms with Gasteiger partial charge in [-0.2, -0.15) is 0 Å². The summed E-state index contributed by atoms with van der Waals surface area (Å²) in [5.41, 5.74) is 0.783. The minimum Gasteiger partial charge on any atom is -1.00 e. The van der Waals surface area contributed by atoms with Crippen LogP contribution in [0.15, 0.2) is 12.1 Å². The Kier molecular flexibility index (Phi) is 5.16. The van der Waals surface area contributed by atoms with Crippen LogP contribution in [0.4, 0.5) is 0 Å². The van der Waals surface area contributed by atoms with Crippen molar-refractivity contribution in [2.24, 2.45) is 22.7 Å². The molecule has 0 unspecified atom stereocenters. The Morgan fingerprint density at radius 1 is 1.14 bits per heavy atom. The number of piperidine rings is 1. The SMILES string of the molecule is CO[C@]12CC[C@@]3(C[C@@H]1[C@](C)(O)C(C)(C)C)[C@H]1Cc4ccc(O)c5c4[C@@]3(CCN1CC1CC1)[C@H]2O5.[I-]. The molecule has 7 atom stereocenters. The first-order valence-electron chi connectivity index (χ1n) is 13.6. The molecule has 35 heavy (non-hydrogen) atoms. The van der Waals surface area contributed by atoms with Gasteiger partial charge < -0.3 is 43.7 Å². The van der Waals surface area contributed by atoms with E-state index in [9.17, 15) is 10.2 Å². The Morgan fingerprint density at radius 2 is 1.89 bits per heavy atom. The fraction of sp³-hybridized carbons (Fsp3) is 0.793. The second-order valence-corrected chi connectivity index (χ2v) is 13.8. The van der Waals surface area contributed by atoms with E-state index in [1.807, 2.05) is 20.1 Å². The largest absolute Gasteiger partial charge is 1.00 e. The van der Waals surface area contributed by atoms with Gasteiger partial charge in [-0.15, -0.1) is 0 Å². The molecule has 4 bridgehead atoms. The van der Waals surface area contributed by atoms with Crippen molar-refractivity contribution in [3.8, 4) is 11.5 Å². The molecule has 2 heterocycles. The van der Waals surface area contributed by atoms with Crippen LogP contribution in [0.25, 0.3) is 0 Å². The molecule has 5 aliphatic carbocycles. The van der Waals surface area contributed by atoms with E-state index in [1.165, 1.54) is 30.5 Å². The fourth-order valence-electron chi connectivity index (χ4n) is 9.58. The lowest BCUT2D eigenvalue weighted by Crippen LogP contribution is -3.00. The monoisotopic (exact) mass is 594 g/mol. The second-order valence-electron chi connectivity index (χ2n) is 13.8. The molecule has 0 aromatic heterocycles. The topological polar surface area (TPSA) is 62.2 Å². The Bertz CT molecular complexity index is 1060. The van der Waals surface area contributed by atoms with E-state index in [4.69, 9.17) is 9.47 Å². The van der Waals surface area contributed by atoms with Gasteiger partial charge in [0.1, 0.15) is 11.7 Å². The first-order chi connectivity index (χ1) is 16.0. The first kappa shape index (κ1) is 24.7. The van der Waals surface area contributed by atoms with Crippen LogP contribution >= 0.6 is 0 Å². The maximum Gasteiger partial charge on any atom is 0.165 e. The number of likely N-dealkylation sites (tertiary alicyclic amines) is 1. The zero-order valence-electron chi connectivity index (χ0n) is 21.9. The Morgan fingerprint density at radius 3 is 2.54 bits per heavy atom. The molecule has 8 rings (SSSR count). The predicted molar refractivity (Wildman–Crippen MR) is 130 cm³/mol. The van der Waals surface area contributed by atoms with E-state index >= 15 is 0 Å². The molecule has 6 heteroatoms. The van der Waals surface area contributed by atoms with Gasteiger partial charge in [0.15, 0.2) is 11.5 Å². The molecule has 1 saturated heterocycles. The van der Waals surface area contributed by atoms with Crippen molar-refractivity contribution in [2.45, 2.75) is 101 Å². The number of ether oxygens (including phenoxy) is 2. The molecular weight excluding hydrogens is 553 g/mol. The van der Waals surface area contributed by atoms with Crippen molar-refractivity contribution in [3.63, 3.8) is 0 Å². The smallest absolute Gasteiger partial charge is 0.165 e. The molecule has 5 nitrogen and oxygen atoms in total. The standard InChI is InChI=1S/C29H41NO4.HI/c1-25(2,3)26(4,32)20-15-27-10-11-29(20,33-5)24-28(27)12-13-30(16-17-6-7-17)21(27)14-18-8-9-19(31)23(34-24)22(18)28;/h8-9,17,20-21,24,31-32H,6-7,10-16H2,1-5H3;1H/p-1/t20-,21-,24-,26+,27-,28+,29-;/m1./s1. The summed E-state index contributed by atoms with van der Waals surface area (Å²) >= 11 is 0. The highest BCUT2D eigenvalue weighted by Gasteiger charge is 2.82. The van der Waals surface area contributed by atoms with Gasteiger partial charge in [-0.1, -0.05) is 26.8 Å². The minimum atomic E-state index is -0.909. The second kappa shape index (κ2) is 7.29. The number of benzene rings is 1. The van der Waals surface area contributed by atoms with E-state index in [0.29, 0.717) is 11.8 Å². The number of phenolic OH excluding ortho intramolecular Hbond substituents is 1. The molecule has 1 aromatic carbocycles. The number of aromatic hydroxyl groups is 1. The molecule has 194 valence electrons. The lowest BCUT2D eigenvalue weighted by molar-refractivity contribution is -0.312. The van der Waals surface area contributed by atoms with Crippen LogP contribution in [0, 0.1) is 22.7 Å². The lowest BCUT2D eigenvalue weighted by atomic mass is 9.33. The number of aliphatic hydroxyl groups is 1. The number of halogens is 1. The summed E-state index contributed by atoms with van der Waals surface area (Å²) in [4.78, 5) is 2.82. The summed E-state index contributed by atoms with van der Waals surface area (Å²) in [6.45, 7) is 10.8. The molecule has 7 aliphatic rings. The third kappa shape index (κ3) is 2.71. The highest BCUT2D eigenvalue weighted by molar-refractivity contribution is 5.63. The number of fused-ring (bicyclic) bond motifs is 2. The normalized spacial score (nSPS) is 42.6. The van der Waals surface area contributed by atoms with E-state index in [0.717, 1.165) is 44.6 Å². The van der Waals surface area contributed by atoms with Crippen molar-refractivity contribution >= 4 is 0 Å². The van der Waals surface area contributed by atoms with Gasteiger partial charge in [-0.05, 0) is 81.4 Å². The Hall–Kier alpha value is -0.570. The number of methoxy groups -OCH3 is 1. The summed E-state index contributed by atoms with van der Waals surface area (Å²) in [6.07, 6.45) is 7.64. The van der Waals surface area contributed by atoms with Gasteiger partial charge >= 0.3 is 0 Å². The van der Waals surface area contributed by atoms with Crippen molar-refractivity contribution in [1.82, 2.24) is 4.90 Å². The van der Waals surface area contributed by atoms with Gasteiger partial charge in [-0.25, -0.2) is 0 Å². The van der Waals surface area contributed by atoms with Gasteiger partial charge in [0.25, 0.3) is 0 Å². The number of nitrogens with zero attached hydrogens (tertiary/aromatic N) is 1. The highest BCUT2D eigenvalue weighted by Crippen LogP contribution is 2.78. The molecule has 1 aromatic rings. The fourth-order valence-corrected chi connectivity index (χ4v) is 9.58. The number of hydrogen-bond acceptors (Lipinski definition) is 5. The lowest BCUT2D eigenvalue weighted by Gasteiger charge is -2.75. The van der Waals surface area contributed by atoms with E-state index in [-0.39, 0.29) is 58.0 Å². The van der Waals surface area contributed by atoms with Crippen molar-refractivity contribution in [3.05, 3.63) is 23.3 Å². The van der Waals surface area contributed by atoms with Crippen molar-refractivity contribution < 1.29 is 43.7 Å². The number of hydrogen-bond donors (Lipinski definition) is 2. The third-order valence-corrected chi connectivity index (χ3v) is 11.9. The van der Waals surface area contributed by atoms with Crippen LogP contribution in [0.1, 0.15) is 77.3 Å². The summed E-state index contributed by atoms with van der Waals surface area (Å²) in [6, 6.07) is 4.46. The van der Waals surface area contributed by atoms with Crippen molar-refractivity contribution in [1.29, 1.82) is 0 Å². The number of rotatable bonds is 4. The zero-order valence-corrected chi connectivity index (χ0v) is 24.0. The quantitative estimate of drug-likeness (QED) is 0.517. The molecule has 2 spiro atoms. The number of phenols is 1. The van der Waals surface area contributed by atoms with E-state index in [1.54, 1.807) is 0 Å². The summed E-state index contributed by atoms with van der Waals surface area (Å²) in [7, 11) is 1.83. The summed E-state index contributed by atoms with van der Waals surface area (Å²) in [5, 5.41) is 23.2. The average molecular weight is 595 g/mol. The van der Waals surface area contributed by atoms with Gasteiger partial charge in [0.2, 0.25) is 0 Å². The Labute approximate surface area is 227 Å². The van der Waals surface area contributed by atoms with Crippen LogP contribution in [0.5, 0.6) is 11.5 Å². The first-order valence-corrected chi connectivity index (χ1v) is 13.6. The van der Waals surface area contributed by atoms with Gasteiger partial charge in [-0.3, -0.25) is 4.90 Å².